The van der Waals surface area contributed by atoms with Crippen LogP contribution in [0.2, 0.25) is 0 Å². The SMILES string of the molecule is Oc1ccc(N=Nc2ccc(N=Nc3ccc(N4CCSC4)cc3)cc2)cc1. The van der Waals surface area contributed by atoms with Crippen LogP contribution in [0.15, 0.2) is 93.3 Å². The molecule has 140 valence electrons. The highest BCUT2D eigenvalue weighted by Crippen LogP contribution is 2.27. The fraction of sp³-hybridized carbons (Fsp3) is 0.143. The van der Waals surface area contributed by atoms with Crippen molar-refractivity contribution in [3.05, 3.63) is 72.8 Å². The average Bonchev–Trinajstić information content (AvgIpc) is 3.28. The Kier molecular flexibility index (Phi) is 5.63. The van der Waals surface area contributed by atoms with Crippen molar-refractivity contribution in [1.29, 1.82) is 0 Å². The molecule has 0 bridgehead atoms. The molecule has 3 aromatic carbocycles. The van der Waals surface area contributed by atoms with Gasteiger partial charge in [0.05, 0.1) is 28.6 Å². The predicted octanol–water partition coefficient (Wildman–Crippen LogP) is 6.73. The number of nitrogens with zero attached hydrogens (tertiary/aromatic N) is 5. The lowest BCUT2D eigenvalue weighted by molar-refractivity contribution is 0.475. The Hall–Kier alpha value is -3.19. The first-order valence-electron chi connectivity index (χ1n) is 8.92. The number of anilines is 1. The minimum absolute atomic E-state index is 0.207. The van der Waals surface area contributed by atoms with Gasteiger partial charge in [-0.15, -0.1) is 11.8 Å². The van der Waals surface area contributed by atoms with Gasteiger partial charge in [0.15, 0.2) is 0 Å². The Balaban J connectivity index is 1.37. The molecule has 4 rings (SSSR count). The molecule has 0 spiro atoms. The largest absolute Gasteiger partial charge is 0.508 e. The molecule has 0 radical (unpaired) electrons. The van der Waals surface area contributed by atoms with Gasteiger partial charge in [-0.05, 0) is 72.8 Å². The van der Waals surface area contributed by atoms with E-state index in [0.717, 1.165) is 29.5 Å². The second-order valence-corrected chi connectivity index (χ2v) is 7.32. The van der Waals surface area contributed by atoms with Gasteiger partial charge in [-0.3, -0.25) is 0 Å². The second-order valence-electron chi connectivity index (χ2n) is 6.25. The summed E-state index contributed by atoms with van der Waals surface area (Å²) < 4.78 is 0. The zero-order valence-electron chi connectivity index (χ0n) is 15.1. The van der Waals surface area contributed by atoms with Crippen molar-refractivity contribution in [1.82, 2.24) is 0 Å². The van der Waals surface area contributed by atoms with Crippen molar-refractivity contribution in [2.24, 2.45) is 20.5 Å². The van der Waals surface area contributed by atoms with Crippen molar-refractivity contribution in [2.45, 2.75) is 0 Å². The van der Waals surface area contributed by atoms with Gasteiger partial charge in [0.25, 0.3) is 0 Å². The van der Waals surface area contributed by atoms with E-state index in [9.17, 15) is 5.11 Å². The summed E-state index contributed by atoms with van der Waals surface area (Å²) in [5, 5.41) is 26.2. The van der Waals surface area contributed by atoms with Crippen LogP contribution in [0.1, 0.15) is 0 Å². The summed E-state index contributed by atoms with van der Waals surface area (Å²) in [6.45, 7) is 1.10. The maximum atomic E-state index is 9.27. The minimum Gasteiger partial charge on any atom is -0.508 e. The van der Waals surface area contributed by atoms with E-state index in [1.54, 1.807) is 24.3 Å². The molecule has 0 atom stereocenters. The molecule has 1 saturated heterocycles. The molecule has 0 saturated carbocycles. The van der Waals surface area contributed by atoms with Crippen molar-refractivity contribution < 1.29 is 5.11 Å². The van der Waals surface area contributed by atoms with Gasteiger partial charge in [0.2, 0.25) is 0 Å². The monoisotopic (exact) mass is 389 g/mol. The standard InChI is InChI=1S/C21H19N5OS/c27-21-11-7-19(8-12-21)25-23-17-3-1-16(2-4-17)22-24-18-5-9-20(10-6-18)26-13-14-28-15-26/h1-12,27H,13-15H2. The molecule has 1 heterocycles. The number of hydrogen-bond acceptors (Lipinski definition) is 7. The topological polar surface area (TPSA) is 72.9 Å². The molecule has 28 heavy (non-hydrogen) atoms. The third kappa shape index (κ3) is 4.75. The Morgan fingerprint density at radius 3 is 1.50 bits per heavy atom. The lowest BCUT2D eigenvalue weighted by Crippen LogP contribution is -2.17. The van der Waals surface area contributed by atoms with Crippen LogP contribution in [0.3, 0.4) is 0 Å². The summed E-state index contributed by atoms with van der Waals surface area (Å²) in [4.78, 5) is 2.36. The number of aromatic hydroxyl groups is 1. The van der Waals surface area contributed by atoms with E-state index in [4.69, 9.17) is 0 Å². The first-order valence-corrected chi connectivity index (χ1v) is 10.1. The number of benzene rings is 3. The van der Waals surface area contributed by atoms with Gasteiger partial charge in [0, 0.05) is 18.0 Å². The first kappa shape index (κ1) is 18.2. The minimum atomic E-state index is 0.207. The van der Waals surface area contributed by atoms with E-state index in [1.165, 1.54) is 11.4 Å². The molecule has 3 aromatic rings. The van der Waals surface area contributed by atoms with Crippen LogP contribution in [0, 0.1) is 0 Å². The number of phenolic OH excluding ortho intramolecular Hbond substituents is 1. The number of thioether (sulfide) groups is 1. The van der Waals surface area contributed by atoms with Crippen molar-refractivity contribution >= 4 is 40.2 Å². The van der Waals surface area contributed by atoms with Crippen LogP contribution in [0.5, 0.6) is 5.75 Å². The van der Waals surface area contributed by atoms with Crippen molar-refractivity contribution in [3.8, 4) is 5.75 Å². The summed E-state index contributed by atoms with van der Waals surface area (Å²) in [7, 11) is 0. The summed E-state index contributed by atoms with van der Waals surface area (Å²) in [6.07, 6.45) is 0. The van der Waals surface area contributed by atoms with E-state index >= 15 is 0 Å². The fourth-order valence-corrected chi connectivity index (χ4v) is 3.66. The molecule has 0 aliphatic carbocycles. The van der Waals surface area contributed by atoms with Gasteiger partial charge in [-0.1, -0.05) is 0 Å². The van der Waals surface area contributed by atoms with Gasteiger partial charge in [0.1, 0.15) is 5.75 Å². The van der Waals surface area contributed by atoms with E-state index in [2.05, 4.69) is 37.5 Å². The molecule has 1 N–H and O–H groups in total. The Morgan fingerprint density at radius 2 is 1.07 bits per heavy atom. The normalized spacial score (nSPS) is 14.4. The van der Waals surface area contributed by atoms with Crippen LogP contribution in [0.25, 0.3) is 0 Å². The van der Waals surface area contributed by atoms with Gasteiger partial charge in [-0.25, -0.2) is 0 Å². The molecular weight excluding hydrogens is 370 g/mol. The van der Waals surface area contributed by atoms with E-state index in [0.29, 0.717) is 5.69 Å². The highest BCUT2D eigenvalue weighted by atomic mass is 32.2. The lowest BCUT2D eigenvalue weighted by Gasteiger charge is -2.16. The molecular formula is C21H19N5OS. The first-order chi connectivity index (χ1) is 13.8. The smallest absolute Gasteiger partial charge is 0.115 e. The van der Waals surface area contributed by atoms with Crippen LogP contribution < -0.4 is 4.90 Å². The van der Waals surface area contributed by atoms with E-state index < -0.39 is 0 Å². The molecule has 1 aliphatic heterocycles. The van der Waals surface area contributed by atoms with Crippen LogP contribution >= 0.6 is 11.8 Å². The van der Waals surface area contributed by atoms with Gasteiger partial charge in [-0.2, -0.15) is 20.5 Å². The lowest BCUT2D eigenvalue weighted by atomic mass is 10.2. The van der Waals surface area contributed by atoms with E-state index in [1.807, 2.05) is 48.2 Å². The summed E-state index contributed by atoms with van der Waals surface area (Å²) >= 11 is 1.95. The third-order valence-corrected chi connectivity index (χ3v) is 5.19. The van der Waals surface area contributed by atoms with Crippen LogP contribution in [-0.2, 0) is 0 Å². The zero-order chi connectivity index (χ0) is 19.2. The maximum absolute atomic E-state index is 9.27. The van der Waals surface area contributed by atoms with E-state index in [-0.39, 0.29) is 5.75 Å². The number of phenols is 1. The Labute approximate surface area is 167 Å². The second kappa shape index (κ2) is 8.67. The Morgan fingerprint density at radius 1 is 0.643 bits per heavy atom. The summed E-state index contributed by atoms with van der Waals surface area (Å²) in [5.41, 5.74) is 4.21. The molecule has 7 heteroatoms. The molecule has 6 nitrogen and oxygen atoms in total. The van der Waals surface area contributed by atoms with Crippen molar-refractivity contribution in [2.75, 3.05) is 23.1 Å². The quantitative estimate of drug-likeness (QED) is 0.491. The molecule has 1 aliphatic rings. The summed E-state index contributed by atoms with van der Waals surface area (Å²) in [6, 6.07) is 22.1. The van der Waals surface area contributed by atoms with Gasteiger partial charge < -0.3 is 10.0 Å². The highest BCUT2D eigenvalue weighted by Gasteiger charge is 2.11. The number of rotatable bonds is 5. The zero-order valence-corrected chi connectivity index (χ0v) is 16.0. The number of azo groups is 2. The summed E-state index contributed by atoms with van der Waals surface area (Å²) in [5.74, 6) is 2.45. The molecule has 1 fully saturated rings. The van der Waals surface area contributed by atoms with Crippen LogP contribution in [-0.4, -0.2) is 23.3 Å². The van der Waals surface area contributed by atoms with Crippen molar-refractivity contribution in [3.63, 3.8) is 0 Å². The molecule has 0 aromatic heterocycles. The molecule has 0 amide bonds. The average molecular weight is 389 g/mol. The maximum Gasteiger partial charge on any atom is 0.115 e. The van der Waals surface area contributed by atoms with Crippen LogP contribution in [0.4, 0.5) is 28.4 Å². The third-order valence-electron chi connectivity index (χ3n) is 4.23. The fourth-order valence-electron chi connectivity index (χ4n) is 2.68. The molecule has 0 unspecified atom stereocenters. The number of hydrogen-bond donors (Lipinski definition) is 1. The predicted molar refractivity (Wildman–Crippen MR) is 114 cm³/mol. The highest BCUT2D eigenvalue weighted by molar-refractivity contribution is 7.99. The van der Waals surface area contributed by atoms with Gasteiger partial charge >= 0.3 is 0 Å². The Bertz CT molecular complexity index is 963.